The second kappa shape index (κ2) is 8.29. The molecule has 126 valence electrons. The van der Waals surface area contributed by atoms with E-state index in [-0.39, 0.29) is 24.3 Å². The third kappa shape index (κ3) is 4.44. The Morgan fingerprint density at radius 2 is 1.67 bits per heavy atom. The number of nitrogens with zero attached hydrogens (tertiary/aromatic N) is 1. The fourth-order valence-corrected chi connectivity index (χ4v) is 2.56. The number of aryl methyl sites for hydroxylation is 1. The maximum atomic E-state index is 12.9. The first-order valence-electron chi connectivity index (χ1n) is 8.02. The Labute approximate surface area is 143 Å². The summed E-state index contributed by atoms with van der Waals surface area (Å²) < 4.78 is 4.71. The molecule has 0 aliphatic carbocycles. The summed E-state index contributed by atoms with van der Waals surface area (Å²) in [4.78, 5) is 26.2. The summed E-state index contributed by atoms with van der Waals surface area (Å²) in [6.45, 7) is 4.27. The third-order valence-corrected chi connectivity index (χ3v) is 4.09. The molecule has 2 aromatic carbocycles. The lowest BCUT2D eigenvalue weighted by molar-refractivity contribution is -0.140. The molecule has 0 saturated heterocycles. The molecule has 4 heteroatoms. The average Bonchev–Trinajstić information content (AvgIpc) is 2.62. The first kappa shape index (κ1) is 17.7. The van der Waals surface area contributed by atoms with Crippen molar-refractivity contribution in [2.45, 2.75) is 26.3 Å². The number of hydrogen-bond donors (Lipinski definition) is 0. The highest BCUT2D eigenvalue weighted by Crippen LogP contribution is 2.23. The summed E-state index contributed by atoms with van der Waals surface area (Å²) >= 11 is 0. The van der Waals surface area contributed by atoms with Gasteiger partial charge in [0.25, 0.3) is 5.91 Å². The molecule has 0 aliphatic heterocycles. The lowest BCUT2D eigenvalue weighted by Gasteiger charge is -2.29. The number of hydrogen-bond acceptors (Lipinski definition) is 3. The number of methoxy groups -OCH3 is 1. The van der Waals surface area contributed by atoms with E-state index in [9.17, 15) is 9.59 Å². The number of esters is 1. The van der Waals surface area contributed by atoms with Crippen LogP contribution in [-0.2, 0) is 9.53 Å². The van der Waals surface area contributed by atoms with Crippen molar-refractivity contribution in [2.24, 2.45) is 0 Å². The van der Waals surface area contributed by atoms with E-state index in [0.29, 0.717) is 12.1 Å². The van der Waals surface area contributed by atoms with Crippen LogP contribution >= 0.6 is 0 Å². The largest absolute Gasteiger partial charge is 0.469 e. The predicted molar refractivity (Wildman–Crippen MR) is 93.7 cm³/mol. The molecule has 0 heterocycles. The van der Waals surface area contributed by atoms with Crippen LogP contribution in [0.15, 0.2) is 54.6 Å². The summed E-state index contributed by atoms with van der Waals surface area (Å²) in [5, 5.41) is 0. The Bertz CT molecular complexity index is 680. The first-order valence-corrected chi connectivity index (χ1v) is 8.02. The van der Waals surface area contributed by atoms with Crippen LogP contribution in [0, 0.1) is 6.92 Å². The molecule has 4 nitrogen and oxygen atoms in total. The Hall–Kier alpha value is -2.62. The predicted octanol–water partition coefficient (Wildman–Crippen LogP) is 3.76. The quantitative estimate of drug-likeness (QED) is 0.760. The van der Waals surface area contributed by atoms with Crippen LogP contribution in [0.3, 0.4) is 0 Å². The molecule has 0 bridgehead atoms. The highest BCUT2D eigenvalue weighted by molar-refractivity contribution is 5.94. The number of carbonyl (C=O) groups is 2. The lowest BCUT2D eigenvalue weighted by Crippen LogP contribution is -2.35. The van der Waals surface area contributed by atoms with Gasteiger partial charge in [0.05, 0.1) is 19.6 Å². The molecule has 0 aromatic heterocycles. The highest BCUT2D eigenvalue weighted by Gasteiger charge is 2.23. The van der Waals surface area contributed by atoms with Crippen LogP contribution in [-0.4, -0.2) is 30.4 Å². The smallest absolute Gasteiger partial charge is 0.307 e. The zero-order valence-corrected chi connectivity index (χ0v) is 14.4. The molecule has 2 aromatic rings. The van der Waals surface area contributed by atoms with Crippen molar-refractivity contribution in [2.75, 3.05) is 13.7 Å². The average molecular weight is 325 g/mol. The number of amides is 1. The third-order valence-electron chi connectivity index (χ3n) is 4.09. The van der Waals surface area contributed by atoms with Crippen molar-refractivity contribution in [3.05, 3.63) is 71.3 Å². The van der Waals surface area contributed by atoms with Crippen LogP contribution in [0.4, 0.5) is 0 Å². The lowest BCUT2D eigenvalue weighted by atomic mass is 10.0. The molecule has 24 heavy (non-hydrogen) atoms. The monoisotopic (exact) mass is 325 g/mol. The van der Waals surface area contributed by atoms with Gasteiger partial charge in [0.15, 0.2) is 0 Å². The SMILES string of the molecule is COC(=O)CCN(C(=O)c1ccc(C)cc1)C(C)c1ccccc1. The summed E-state index contributed by atoms with van der Waals surface area (Å²) in [5.41, 5.74) is 2.75. The molecule has 1 amide bonds. The van der Waals surface area contributed by atoms with Gasteiger partial charge in [0.2, 0.25) is 0 Å². The van der Waals surface area contributed by atoms with Crippen molar-refractivity contribution in [3.8, 4) is 0 Å². The normalized spacial score (nSPS) is 11.6. The minimum absolute atomic E-state index is 0.0877. The van der Waals surface area contributed by atoms with Gasteiger partial charge in [-0.05, 0) is 31.5 Å². The minimum atomic E-state index is -0.322. The van der Waals surface area contributed by atoms with Crippen molar-refractivity contribution in [3.63, 3.8) is 0 Å². The molecule has 1 unspecified atom stereocenters. The molecular weight excluding hydrogens is 302 g/mol. The van der Waals surface area contributed by atoms with E-state index in [4.69, 9.17) is 4.74 Å². The van der Waals surface area contributed by atoms with Gasteiger partial charge < -0.3 is 9.64 Å². The van der Waals surface area contributed by atoms with E-state index in [1.54, 1.807) is 4.90 Å². The molecule has 0 fully saturated rings. The molecule has 1 atom stereocenters. The summed E-state index contributed by atoms with van der Waals surface area (Å²) in [7, 11) is 1.36. The van der Waals surface area contributed by atoms with Gasteiger partial charge in [-0.25, -0.2) is 0 Å². The topological polar surface area (TPSA) is 46.6 Å². The van der Waals surface area contributed by atoms with Crippen LogP contribution in [0.5, 0.6) is 0 Å². The molecule has 0 radical (unpaired) electrons. The summed E-state index contributed by atoms with van der Waals surface area (Å²) in [5.74, 6) is -0.410. The molecule has 0 N–H and O–H groups in total. The second-order valence-corrected chi connectivity index (χ2v) is 5.78. The van der Waals surface area contributed by atoms with Gasteiger partial charge in [-0.1, -0.05) is 48.0 Å². The molecule has 0 saturated carbocycles. The summed E-state index contributed by atoms with van der Waals surface area (Å²) in [6.07, 6.45) is 0.172. The summed E-state index contributed by atoms with van der Waals surface area (Å²) in [6, 6.07) is 17.1. The van der Waals surface area contributed by atoms with E-state index in [1.165, 1.54) is 7.11 Å². The second-order valence-electron chi connectivity index (χ2n) is 5.78. The fourth-order valence-electron chi connectivity index (χ4n) is 2.56. The van der Waals surface area contributed by atoms with Gasteiger partial charge >= 0.3 is 5.97 Å². The number of rotatable bonds is 6. The van der Waals surface area contributed by atoms with E-state index < -0.39 is 0 Å². The van der Waals surface area contributed by atoms with Gasteiger partial charge in [-0.3, -0.25) is 9.59 Å². The van der Waals surface area contributed by atoms with Crippen LogP contribution in [0.2, 0.25) is 0 Å². The Morgan fingerprint density at radius 3 is 2.25 bits per heavy atom. The Morgan fingerprint density at radius 1 is 1.04 bits per heavy atom. The maximum Gasteiger partial charge on any atom is 0.307 e. The zero-order valence-electron chi connectivity index (χ0n) is 14.4. The van der Waals surface area contributed by atoms with E-state index in [2.05, 4.69) is 0 Å². The van der Waals surface area contributed by atoms with E-state index >= 15 is 0 Å². The van der Waals surface area contributed by atoms with E-state index in [0.717, 1.165) is 11.1 Å². The van der Waals surface area contributed by atoms with Crippen molar-refractivity contribution in [1.29, 1.82) is 0 Å². The zero-order chi connectivity index (χ0) is 17.5. The highest BCUT2D eigenvalue weighted by atomic mass is 16.5. The molecule has 0 spiro atoms. The van der Waals surface area contributed by atoms with Crippen molar-refractivity contribution < 1.29 is 14.3 Å². The van der Waals surface area contributed by atoms with Gasteiger partial charge in [0, 0.05) is 12.1 Å². The van der Waals surface area contributed by atoms with Crippen LogP contribution < -0.4 is 0 Å². The van der Waals surface area contributed by atoms with Crippen molar-refractivity contribution >= 4 is 11.9 Å². The van der Waals surface area contributed by atoms with E-state index in [1.807, 2.05) is 68.4 Å². The first-order chi connectivity index (χ1) is 11.5. The molecular formula is C20H23NO3. The Kier molecular flexibility index (Phi) is 6.13. The number of benzene rings is 2. The van der Waals surface area contributed by atoms with Crippen LogP contribution in [0.1, 0.15) is 40.9 Å². The standard InChI is InChI=1S/C20H23NO3/c1-15-9-11-18(12-10-15)20(23)21(14-13-19(22)24-3)16(2)17-7-5-4-6-8-17/h4-12,16H,13-14H2,1-3H3. The number of ether oxygens (including phenoxy) is 1. The van der Waals surface area contributed by atoms with Gasteiger partial charge in [-0.15, -0.1) is 0 Å². The minimum Gasteiger partial charge on any atom is -0.469 e. The Balaban J connectivity index is 2.26. The van der Waals surface area contributed by atoms with Gasteiger partial charge in [0.1, 0.15) is 0 Å². The van der Waals surface area contributed by atoms with Gasteiger partial charge in [-0.2, -0.15) is 0 Å². The number of carbonyl (C=O) groups excluding carboxylic acids is 2. The van der Waals surface area contributed by atoms with Crippen LogP contribution in [0.25, 0.3) is 0 Å². The maximum absolute atomic E-state index is 12.9. The van der Waals surface area contributed by atoms with Crippen molar-refractivity contribution in [1.82, 2.24) is 4.90 Å². The fraction of sp³-hybridized carbons (Fsp3) is 0.300. The molecule has 0 aliphatic rings. The molecule has 2 rings (SSSR count).